The van der Waals surface area contributed by atoms with E-state index < -0.39 is 145 Å². The third-order valence-corrected chi connectivity index (χ3v) is 13.2. The summed E-state index contributed by atoms with van der Waals surface area (Å²) in [5.41, 5.74) is 30.3. The number of rotatable bonds is 26. The summed E-state index contributed by atoms with van der Waals surface area (Å²) in [7, 11) is 0. The second kappa shape index (κ2) is 36.8. The van der Waals surface area contributed by atoms with Gasteiger partial charge in [0.2, 0.25) is 59.1 Å². The van der Waals surface area contributed by atoms with Crippen LogP contribution in [0, 0.1) is 11.8 Å². The summed E-state index contributed by atoms with van der Waals surface area (Å²) in [6.45, 7) is 9.23. The van der Waals surface area contributed by atoms with Crippen LogP contribution >= 0.6 is 0 Å². The average molecular weight is 1130 g/mol. The van der Waals surface area contributed by atoms with Gasteiger partial charge < -0.3 is 92.0 Å². The van der Waals surface area contributed by atoms with Crippen LogP contribution in [0.15, 0.2) is 30.3 Å². The van der Waals surface area contributed by atoms with E-state index in [1.54, 1.807) is 44.2 Å². The molecule has 1 aromatic carbocycles. The maximum atomic E-state index is 14.5. The van der Waals surface area contributed by atoms with E-state index in [0.29, 0.717) is 24.3 Å². The molecule has 1 saturated heterocycles. The van der Waals surface area contributed by atoms with Crippen molar-refractivity contribution in [3.8, 4) is 0 Å². The minimum atomic E-state index is -1.67. The van der Waals surface area contributed by atoms with Crippen LogP contribution in [0.4, 0.5) is 0 Å². The molecule has 10 amide bonds. The number of hydrogen-bond acceptors (Lipinski definition) is 17. The van der Waals surface area contributed by atoms with Gasteiger partial charge in [-0.1, -0.05) is 83.7 Å². The Morgan fingerprint density at radius 2 is 1.06 bits per heavy atom. The number of carbonyl (C=O) groups excluding carboxylic acids is 10. The zero-order valence-corrected chi connectivity index (χ0v) is 47.4. The second-order valence-electron chi connectivity index (χ2n) is 21.2. The van der Waals surface area contributed by atoms with Gasteiger partial charge in [0, 0.05) is 13.0 Å². The fourth-order valence-corrected chi connectivity index (χ4v) is 8.67. The van der Waals surface area contributed by atoms with Gasteiger partial charge in [-0.3, -0.25) is 47.9 Å². The number of benzene rings is 1. The Bertz CT molecular complexity index is 2150. The molecule has 0 spiro atoms. The quantitative estimate of drug-likeness (QED) is 0.0387. The Balaban J connectivity index is 2.68. The summed E-state index contributed by atoms with van der Waals surface area (Å²) in [5.74, 6) is -8.63. The third kappa shape index (κ3) is 25.0. The molecule has 0 saturated carbocycles. The van der Waals surface area contributed by atoms with Crippen molar-refractivity contribution in [3.05, 3.63) is 35.9 Å². The molecule has 12 atom stereocenters. The molecule has 27 nitrogen and oxygen atoms in total. The number of aliphatic hydroxyl groups excluding tert-OH is 2. The number of nitrogens with two attached hydrogens (primary N) is 5. The molecular formula is C53H93N15O12. The molecular weight excluding hydrogens is 1040 g/mol. The van der Waals surface area contributed by atoms with Crippen LogP contribution in [0.5, 0.6) is 0 Å². The molecule has 27 heteroatoms. The van der Waals surface area contributed by atoms with Crippen molar-refractivity contribution in [1.82, 2.24) is 53.2 Å². The Kier molecular flexibility index (Phi) is 32.1. The molecule has 0 bridgehead atoms. The molecule has 0 aromatic heterocycles. The standard InChI is InChI=1S/C53H93N15O12/c1-29(2)13-9-7-12-16-34(58)44(71)67-43(32(6)70)53(80)64-37(19-24-56)46(73)63-39-21-26-59-52(79)42(31(5)69)68-49(76)38(20-25-57)61-45(72)35(17-22-54)62-50(77)40(27-30(3)4)65-51(78)41(28-33-14-10-8-11-15-33)66-47(74)36(18-23-55)60-48(39)75/h8,10-11,14-15,29-32,34-43,69-70H,7,9,12-13,16-28,54-58H2,1-6H3,(H,59,79)(H,60,75)(H,61,72)(H,62,77)(H,63,73)(H,64,80)(H,65,78)(H,66,74)(H,67,71)(H,68,76)/t31-,32-,34-,35+,36+,37+,38+,39+,40+,41-,42+,43+/m1/s1. The fourth-order valence-electron chi connectivity index (χ4n) is 8.67. The molecule has 1 aliphatic rings. The minimum absolute atomic E-state index is 0.0571. The van der Waals surface area contributed by atoms with Gasteiger partial charge in [0.05, 0.1) is 18.2 Å². The number of amides is 10. The summed E-state index contributed by atoms with van der Waals surface area (Å²) in [6, 6.07) is -5.68. The van der Waals surface area contributed by atoms with Crippen molar-refractivity contribution >= 4 is 59.1 Å². The summed E-state index contributed by atoms with van der Waals surface area (Å²) in [6.07, 6.45) is -0.440. The first-order chi connectivity index (χ1) is 37.9. The highest BCUT2D eigenvalue weighted by molar-refractivity contribution is 5.99. The maximum Gasteiger partial charge on any atom is 0.245 e. The normalized spacial score (nSPS) is 23.3. The minimum Gasteiger partial charge on any atom is -0.391 e. The first kappa shape index (κ1) is 69.7. The van der Waals surface area contributed by atoms with Gasteiger partial charge in [-0.25, -0.2) is 0 Å². The van der Waals surface area contributed by atoms with E-state index in [1.807, 2.05) is 0 Å². The van der Waals surface area contributed by atoms with Crippen LogP contribution in [0.25, 0.3) is 0 Å². The molecule has 0 unspecified atom stereocenters. The van der Waals surface area contributed by atoms with Crippen LogP contribution in [0.1, 0.15) is 118 Å². The van der Waals surface area contributed by atoms with Crippen molar-refractivity contribution < 1.29 is 58.2 Å². The van der Waals surface area contributed by atoms with E-state index in [0.717, 1.165) is 19.3 Å². The Labute approximate surface area is 469 Å². The summed E-state index contributed by atoms with van der Waals surface area (Å²) in [4.78, 5) is 140. The monoisotopic (exact) mass is 1130 g/mol. The molecule has 80 heavy (non-hydrogen) atoms. The third-order valence-electron chi connectivity index (χ3n) is 13.2. The van der Waals surface area contributed by atoms with E-state index in [1.165, 1.54) is 13.8 Å². The van der Waals surface area contributed by atoms with E-state index in [9.17, 15) is 58.2 Å². The topological polar surface area (TPSA) is 462 Å². The van der Waals surface area contributed by atoms with Gasteiger partial charge in [0.1, 0.15) is 54.4 Å². The molecule has 22 N–H and O–H groups in total. The Morgan fingerprint density at radius 3 is 1.57 bits per heavy atom. The largest absolute Gasteiger partial charge is 0.391 e. The summed E-state index contributed by atoms with van der Waals surface area (Å²) in [5, 5.41) is 46.9. The first-order valence-corrected chi connectivity index (χ1v) is 27.8. The lowest BCUT2D eigenvalue weighted by Crippen LogP contribution is -2.61. The van der Waals surface area contributed by atoms with Crippen molar-refractivity contribution in [2.45, 2.75) is 191 Å². The molecule has 2 rings (SSSR count). The predicted molar refractivity (Wildman–Crippen MR) is 299 cm³/mol. The smallest absolute Gasteiger partial charge is 0.245 e. The highest BCUT2D eigenvalue weighted by Gasteiger charge is 2.37. The Morgan fingerprint density at radius 1 is 0.562 bits per heavy atom. The first-order valence-electron chi connectivity index (χ1n) is 27.8. The van der Waals surface area contributed by atoms with Crippen LogP contribution in [-0.2, 0) is 54.4 Å². The number of carbonyl (C=O) groups is 10. The maximum absolute atomic E-state index is 14.5. The summed E-state index contributed by atoms with van der Waals surface area (Å²) < 4.78 is 0. The van der Waals surface area contributed by atoms with Crippen LogP contribution < -0.4 is 81.8 Å². The molecule has 1 aliphatic heterocycles. The summed E-state index contributed by atoms with van der Waals surface area (Å²) >= 11 is 0. The van der Waals surface area contributed by atoms with Gasteiger partial charge in [-0.15, -0.1) is 0 Å². The highest BCUT2D eigenvalue weighted by atomic mass is 16.3. The number of hydrogen-bond donors (Lipinski definition) is 17. The van der Waals surface area contributed by atoms with Crippen LogP contribution in [0.3, 0.4) is 0 Å². The molecule has 0 aliphatic carbocycles. The second-order valence-corrected chi connectivity index (χ2v) is 21.2. The molecule has 452 valence electrons. The SMILES string of the molecule is CC(C)CCCCC[C@@H](N)C(=O)N[C@H](C(=O)N[C@@H](CCN)C(=O)N[C@H]1CCNC(=O)[C@H]([C@@H](C)O)NC(=O)[C@H](CCN)NC(=O)[C@H](CCN)NC(=O)[C@H](CC(C)C)NC(=O)[C@@H](Cc2ccccc2)NC(=O)[C@H](CCN)NC1=O)[C@@H](C)O. The van der Waals surface area contributed by atoms with Crippen molar-refractivity contribution in [1.29, 1.82) is 0 Å². The Hall–Kier alpha value is -6.36. The van der Waals surface area contributed by atoms with E-state index in [2.05, 4.69) is 67.0 Å². The number of unbranched alkanes of at least 4 members (excludes halogenated alkanes) is 2. The average Bonchev–Trinajstić information content (AvgIpc) is 3.39. The number of nitrogens with one attached hydrogen (secondary N) is 10. The zero-order chi connectivity index (χ0) is 60.1. The van der Waals surface area contributed by atoms with E-state index in [4.69, 9.17) is 28.7 Å². The lowest BCUT2D eigenvalue weighted by Gasteiger charge is -2.28. The van der Waals surface area contributed by atoms with Gasteiger partial charge in [0.15, 0.2) is 0 Å². The zero-order valence-electron chi connectivity index (χ0n) is 47.4. The molecule has 1 fully saturated rings. The lowest BCUT2D eigenvalue weighted by atomic mass is 10.00. The molecule has 0 radical (unpaired) electrons. The van der Waals surface area contributed by atoms with Crippen molar-refractivity contribution in [2.75, 3.05) is 32.7 Å². The van der Waals surface area contributed by atoms with Gasteiger partial charge in [0.25, 0.3) is 0 Å². The lowest BCUT2D eigenvalue weighted by molar-refractivity contribution is -0.136. The van der Waals surface area contributed by atoms with Crippen LogP contribution in [0.2, 0.25) is 0 Å². The van der Waals surface area contributed by atoms with E-state index in [-0.39, 0.29) is 70.6 Å². The predicted octanol–water partition coefficient (Wildman–Crippen LogP) is -4.75. The highest BCUT2D eigenvalue weighted by Crippen LogP contribution is 2.13. The van der Waals surface area contributed by atoms with Gasteiger partial charge >= 0.3 is 0 Å². The van der Waals surface area contributed by atoms with Crippen molar-refractivity contribution in [2.24, 2.45) is 40.5 Å². The molecule has 1 heterocycles. The van der Waals surface area contributed by atoms with Gasteiger partial charge in [-0.2, -0.15) is 0 Å². The number of aliphatic hydroxyl groups is 2. The van der Waals surface area contributed by atoms with Crippen molar-refractivity contribution in [3.63, 3.8) is 0 Å². The van der Waals surface area contributed by atoms with E-state index >= 15 is 0 Å². The fraction of sp³-hybridized carbons (Fsp3) is 0.698. The van der Waals surface area contributed by atoms with Crippen LogP contribution in [-0.4, -0.2) is 175 Å². The molecule has 1 aromatic rings. The van der Waals surface area contributed by atoms with Gasteiger partial charge in [-0.05, 0) is 102 Å².